The van der Waals surface area contributed by atoms with E-state index in [0.717, 1.165) is 24.1 Å². The average Bonchev–Trinajstić information content (AvgIpc) is 3.19. The highest BCUT2D eigenvalue weighted by atomic mass is 19.3. The van der Waals surface area contributed by atoms with Crippen LogP contribution in [0.4, 0.5) is 8.78 Å². The van der Waals surface area contributed by atoms with Crippen molar-refractivity contribution in [2.24, 2.45) is 4.99 Å². The Morgan fingerprint density at radius 2 is 1.84 bits per heavy atom. The highest BCUT2D eigenvalue weighted by Crippen LogP contribution is 2.25. The van der Waals surface area contributed by atoms with Crippen LogP contribution in [-0.2, 0) is 24.4 Å². The molecule has 0 radical (unpaired) electrons. The van der Waals surface area contributed by atoms with Gasteiger partial charge in [-0.05, 0) is 35.7 Å². The molecule has 1 fully saturated rings. The lowest BCUT2D eigenvalue weighted by molar-refractivity contribution is -0.128. The average molecular weight is 446 g/mol. The van der Waals surface area contributed by atoms with Crippen LogP contribution in [0.5, 0.6) is 11.5 Å². The topological polar surface area (TPSA) is 75.2 Å². The molecule has 0 saturated carbocycles. The summed E-state index contributed by atoms with van der Waals surface area (Å²) < 4.78 is 35.1. The molecule has 172 valence electrons. The third-order valence-electron chi connectivity index (χ3n) is 5.18. The number of rotatable bonds is 9. The number of carbonyl (C=O) groups excluding carboxylic acids is 1. The van der Waals surface area contributed by atoms with Gasteiger partial charge in [0.25, 0.3) is 0 Å². The largest absolute Gasteiger partial charge is 0.497 e. The fourth-order valence-corrected chi connectivity index (χ4v) is 3.47. The van der Waals surface area contributed by atoms with Crippen LogP contribution in [-0.4, -0.2) is 44.1 Å². The number of benzene rings is 2. The molecule has 1 aliphatic heterocycles. The van der Waals surface area contributed by atoms with Gasteiger partial charge in [0.2, 0.25) is 5.91 Å². The lowest BCUT2D eigenvalue weighted by atomic mass is 10.1. The molecule has 0 spiro atoms. The summed E-state index contributed by atoms with van der Waals surface area (Å²) in [7, 11) is 3.14. The third-order valence-corrected chi connectivity index (χ3v) is 5.18. The SMILES string of the molecule is CN=C(NCc1ccc(CN2CCCC2=O)cc1)NCc1cc(OC)ccc1OC(F)F. The first-order chi connectivity index (χ1) is 15.5. The summed E-state index contributed by atoms with van der Waals surface area (Å²) in [5.74, 6) is 1.35. The quantitative estimate of drug-likeness (QED) is 0.457. The molecule has 0 unspecified atom stereocenters. The van der Waals surface area contributed by atoms with Crippen LogP contribution in [0.2, 0.25) is 0 Å². The molecule has 7 nitrogen and oxygen atoms in total. The van der Waals surface area contributed by atoms with Gasteiger partial charge in [0.05, 0.1) is 7.11 Å². The molecule has 3 rings (SSSR count). The number of methoxy groups -OCH3 is 1. The van der Waals surface area contributed by atoms with Gasteiger partial charge in [-0.1, -0.05) is 24.3 Å². The number of halogens is 2. The standard InChI is InChI=1S/C23H28F2N4O3/c1-26-23(28-14-18-12-19(31-2)9-10-20(18)32-22(24)25)27-13-16-5-7-17(8-6-16)15-29-11-3-4-21(29)30/h5-10,12,22H,3-4,11,13-15H2,1-2H3,(H2,26,27,28). The molecular formula is C23H28F2N4O3. The summed E-state index contributed by atoms with van der Waals surface area (Å²) >= 11 is 0. The predicted octanol–water partition coefficient (Wildman–Crippen LogP) is 3.28. The molecule has 2 N–H and O–H groups in total. The van der Waals surface area contributed by atoms with Crippen molar-refractivity contribution in [3.63, 3.8) is 0 Å². The van der Waals surface area contributed by atoms with E-state index < -0.39 is 6.61 Å². The number of aliphatic imine (C=N–C) groups is 1. The Hall–Kier alpha value is -3.36. The van der Waals surface area contributed by atoms with Crippen molar-refractivity contribution in [1.29, 1.82) is 0 Å². The zero-order valence-electron chi connectivity index (χ0n) is 18.2. The van der Waals surface area contributed by atoms with E-state index in [0.29, 0.717) is 36.8 Å². The second-order valence-corrected chi connectivity index (χ2v) is 7.37. The molecule has 1 saturated heterocycles. The monoisotopic (exact) mass is 446 g/mol. The number of nitrogens with zero attached hydrogens (tertiary/aromatic N) is 2. The molecule has 1 amide bonds. The molecule has 0 aromatic heterocycles. The molecule has 1 heterocycles. The van der Waals surface area contributed by atoms with Crippen molar-refractivity contribution in [2.75, 3.05) is 20.7 Å². The molecular weight excluding hydrogens is 418 g/mol. The fourth-order valence-electron chi connectivity index (χ4n) is 3.47. The van der Waals surface area contributed by atoms with E-state index >= 15 is 0 Å². The summed E-state index contributed by atoms with van der Waals surface area (Å²) in [4.78, 5) is 17.8. The van der Waals surface area contributed by atoms with Crippen LogP contribution in [0.25, 0.3) is 0 Å². The first kappa shape index (κ1) is 23.3. The van der Waals surface area contributed by atoms with Crippen molar-refractivity contribution in [1.82, 2.24) is 15.5 Å². The van der Waals surface area contributed by atoms with Gasteiger partial charge in [-0.3, -0.25) is 9.79 Å². The number of nitrogens with one attached hydrogen (secondary N) is 2. The van der Waals surface area contributed by atoms with Gasteiger partial charge >= 0.3 is 6.61 Å². The first-order valence-electron chi connectivity index (χ1n) is 10.4. The number of guanidine groups is 1. The summed E-state index contributed by atoms with van der Waals surface area (Å²) in [5.41, 5.74) is 2.66. The molecule has 2 aromatic rings. The summed E-state index contributed by atoms with van der Waals surface area (Å²) in [6.07, 6.45) is 1.57. The Morgan fingerprint density at radius 3 is 2.47 bits per heavy atom. The smallest absolute Gasteiger partial charge is 0.387 e. The van der Waals surface area contributed by atoms with Crippen LogP contribution < -0.4 is 20.1 Å². The van der Waals surface area contributed by atoms with Gasteiger partial charge in [-0.15, -0.1) is 0 Å². The van der Waals surface area contributed by atoms with E-state index in [1.165, 1.54) is 13.2 Å². The number of ether oxygens (including phenoxy) is 2. The zero-order chi connectivity index (χ0) is 22.9. The number of hydrogen-bond donors (Lipinski definition) is 2. The van der Waals surface area contributed by atoms with Crippen molar-refractivity contribution >= 4 is 11.9 Å². The Morgan fingerprint density at radius 1 is 1.12 bits per heavy atom. The normalized spacial score (nSPS) is 14.1. The highest BCUT2D eigenvalue weighted by molar-refractivity contribution is 5.79. The maximum Gasteiger partial charge on any atom is 0.387 e. The highest BCUT2D eigenvalue weighted by Gasteiger charge is 2.19. The van der Waals surface area contributed by atoms with Gasteiger partial charge < -0.3 is 25.0 Å². The number of hydrogen-bond acceptors (Lipinski definition) is 4. The number of carbonyl (C=O) groups is 1. The van der Waals surface area contributed by atoms with E-state index in [1.54, 1.807) is 19.2 Å². The Kier molecular flexibility index (Phi) is 8.24. The van der Waals surface area contributed by atoms with Crippen LogP contribution in [0.3, 0.4) is 0 Å². The van der Waals surface area contributed by atoms with Crippen molar-refractivity contribution in [3.05, 3.63) is 59.2 Å². The van der Waals surface area contributed by atoms with Crippen LogP contribution in [0, 0.1) is 0 Å². The second-order valence-electron chi connectivity index (χ2n) is 7.37. The number of likely N-dealkylation sites (tertiary alicyclic amines) is 1. The zero-order valence-corrected chi connectivity index (χ0v) is 18.2. The molecule has 0 bridgehead atoms. The van der Waals surface area contributed by atoms with Crippen molar-refractivity contribution in [3.8, 4) is 11.5 Å². The first-order valence-corrected chi connectivity index (χ1v) is 10.4. The molecule has 0 aliphatic carbocycles. The summed E-state index contributed by atoms with van der Waals surface area (Å²) in [5, 5.41) is 6.30. The Bertz CT molecular complexity index is 935. The van der Waals surface area contributed by atoms with Crippen molar-refractivity contribution < 1.29 is 23.0 Å². The second kappa shape index (κ2) is 11.3. The van der Waals surface area contributed by atoms with E-state index in [4.69, 9.17) is 4.74 Å². The minimum absolute atomic E-state index is 0.0795. The minimum Gasteiger partial charge on any atom is -0.497 e. The molecule has 9 heteroatoms. The van der Waals surface area contributed by atoms with Crippen LogP contribution >= 0.6 is 0 Å². The van der Waals surface area contributed by atoms with Gasteiger partial charge in [-0.2, -0.15) is 8.78 Å². The van der Waals surface area contributed by atoms with Crippen LogP contribution in [0.1, 0.15) is 29.5 Å². The number of amides is 1. The summed E-state index contributed by atoms with van der Waals surface area (Å²) in [6, 6.07) is 12.7. The maximum atomic E-state index is 12.7. The van der Waals surface area contributed by atoms with E-state index in [9.17, 15) is 13.6 Å². The molecule has 2 aromatic carbocycles. The minimum atomic E-state index is -2.91. The van der Waals surface area contributed by atoms with E-state index in [1.807, 2.05) is 29.2 Å². The van der Waals surface area contributed by atoms with Crippen molar-refractivity contribution in [2.45, 2.75) is 39.1 Å². The molecule has 32 heavy (non-hydrogen) atoms. The van der Waals surface area contributed by atoms with Gasteiger partial charge in [0.1, 0.15) is 11.5 Å². The summed E-state index contributed by atoms with van der Waals surface area (Å²) in [6.45, 7) is -0.699. The fraction of sp³-hybridized carbons (Fsp3) is 0.391. The van der Waals surface area contributed by atoms with E-state index in [-0.39, 0.29) is 18.2 Å². The Balaban J connectivity index is 1.53. The maximum absolute atomic E-state index is 12.7. The molecule has 1 aliphatic rings. The van der Waals surface area contributed by atoms with E-state index in [2.05, 4.69) is 20.4 Å². The lowest BCUT2D eigenvalue weighted by Gasteiger charge is -2.16. The van der Waals surface area contributed by atoms with Crippen LogP contribution in [0.15, 0.2) is 47.5 Å². The molecule has 0 atom stereocenters. The van der Waals surface area contributed by atoms with Gasteiger partial charge in [-0.25, -0.2) is 0 Å². The predicted molar refractivity (Wildman–Crippen MR) is 118 cm³/mol. The van der Waals surface area contributed by atoms with Gasteiger partial charge in [0, 0.05) is 45.2 Å². The number of alkyl halides is 2. The van der Waals surface area contributed by atoms with Gasteiger partial charge in [0.15, 0.2) is 5.96 Å². The third kappa shape index (κ3) is 6.57. The Labute approximate surface area is 186 Å². The lowest BCUT2D eigenvalue weighted by Crippen LogP contribution is -2.36.